The van der Waals surface area contributed by atoms with E-state index in [9.17, 15) is 4.79 Å². The number of benzene rings is 1. The van der Waals surface area contributed by atoms with Crippen molar-refractivity contribution in [3.63, 3.8) is 0 Å². The molecular formula is C12H15BrO4. The van der Waals surface area contributed by atoms with Gasteiger partial charge in [0.15, 0.2) is 0 Å². The maximum Gasteiger partial charge on any atom is 0.349 e. The van der Waals surface area contributed by atoms with Crippen LogP contribution in [0, 0.1) is 6.92 Å². The van der Waals surface area contributed by atoms with Crippen LogP contribution in [0.2, 0.25) is 0 Å². The third kappa shape index (κ3) is 4.02. The Balaban J connectivity index is 2.78. The molecule has 0 radical (unpaired) electrons. The largest absolute Gasteiger partial charge is 0.476 e. The van der Waals surface area contributed by atoms with Crippen LogP contribution < -0.4 is 4.74 Å². The lowest BCUT2D eigenvalue weighted by Crippen LogP contribution is -2.32. The summed E-state index contributed by atoms with van der Waals surface area (Å²) >= 11 is 3.40. The fourth-order valence-corrected chi connectivity index (χ4v) is 1.53. The van der Waals surface area contributed by atoms with E-state index < -0.39 is 12.1 Å². The van der Waals surface area contributed by atoms with Crippen LogP contribution in [0.15, 0.2) is 22.7 Å². The normalized spacial score (nSPS) is 12.0. The first-order valence-corrected chi connectivity index (χ1v) is 5.87. The van der Waals surface area contributed by atoms with Gasteiger partial charge in [-0.2, -0.15) is 0 Å². The molecule has 1 atom stereocenters. The van der Waals surface area contributed by atoms with E-state index in [2.05, 4.69) is 20.7 Å². The molecule has 1 rings (SSSR count). The molecule has 0 N–H and O–H groups in total. The molecule has 0 aliphatic carbocycles. The predicted molar refractivity (Wildman–Crippen MR) is 67.2 cm³/mol. The van der Waals surface area contributed by atoms with Crippen LogP contribution >= 0.6 is 15.9 Å². The van der Waals surface area contributed by atoms with Gasteiger partial charge in [-0.25, -0.2) is 4.79 Å². The molecule has 1 unspecified atom stereocenters. The van der Waals surface area contributed by atoms with Gasteiger partial charge in [-0.15, -0.1) is 0 Å². The summed E-state index contributed by atoms with van der Waals surface area (Å²) in [4.78, 5) is 11.4. The second-order valence-electron chi connectivity index (χ2n) is 3.50. The molecule has 0 spiro atoms. The second-order valence-corrected chi connectivity index (χ2v) is 4.35. The Morgan fingerprint density at radius 2 is 2.12 bits per heavy atom. The third-order valence-electron chi connectivity index (χ3n) is 2.19. The summed E-state index contributed by atoms with van der Waals surface area (Å²) in [6.45, 7) is 2.10. The molecule has 1 aromatic rings. The van der Waals surface area contributed by atoms with Crippen molar-refractivity contribution in [2.24, 2.45) is 0 Å². The number of rotatable bonds is 5. The molecule has 0 saturated carbocycles. The van der Waals surface area contributed by atoms with Crippen molar-refractivity contribution in [2.75, 3.05) is 20.8 Å². The lowest BCUT2D eigenvalue weighted by atomic mass is 10.2. The highest BCUT2D eigenvalue weighted by Gasteiger charge is 2.21. The number of esters is 1. The van der Waals surface area contributed by atoms with Crippen LogP contribution in [0.4, 0.5) is 0 Å². The minimum Gasteiger partial charge on any atom is -0.476 e. The first-order valence-electron chi connectivity index (χ1n) is 5.08. The van der Waals surface area contributed by atoms with E-state index in [4.69, 9.17) is 9.47 Å². The molecule has 0 aliphatic heterocycles. The molecule has 0 saturated heterocycles. The van der Waals surface area contributed by atoms with E-state index in [0.29, 0.717) is 5.75 Å². The summed E-state index contributed by atoms with van der Waals surface area (Å²) < 4.78 is 16.1. The van der Waals surface area contributed by atoms with E-state index in [1.807, 2.05) is 19.1 Å². The number of carbonyl (C=O) groups is 1. The molecule has 0 fully saturated rings. The Hall–Kier alpha value is -1.07. The average Bonchev–Trinajstić information content (AvgIpc) is 2.32. The summed E-state index contributed by atoms with van der Waals surface area (Å²) in [7, 11) is 2.83. The van der Waals surface area contributed by atoms with E-state index in [0.717, 1.165) is 10.0 Å². The number of hydrogen-bond acceptors (Lipinski definition) is 4. The Morgan fingerprint density at radius 1 is 1.41 bits per heavy atom. The zero-order chi connectivity index (χ0) is 12.8. The summed E-state index contributed by atoms with van der Waals surface area (Å²) in [5.74, 6) is 0.158. The van der Waals surface area contributed by atoms with Crippen LogP contribution in [0.3, 0.4) is 0 Å². The minimum absolute atomic E-state index is 0.155. The summed E-state index contributed by atoms with van der Waals surface area (Å²) in [5, 5.41) is 0. The molecule has 0 aromatic heterocycles. The minimum atomic E-state index is -0.745. The standard InChI is InChI=1S/C12H15BrO4/c1-8-6-9(4-5-10(8)13)17-11(7-15-2)12(14)16-3/h4-6,11H,7H2,1-3H3. The van der Waals surface area contributed by atoms with Crippen molar-refractivity contribution in [2.45, 2.75) is 13.0 Å². The zero-order valence-electron chi connectivity index (χ0n) is 10.0. The van der Waals surface area contributed by atoms with Crippen LogP contribution in [0.25, 0.3) is 0 Å². The maximum absolute atomic E-state index is 11.4. The van der Waals surface area contributed by atoms with Crippen LogP contribution in [0.5, 0.6) is 5.75 Å². The smallest absolute Gasteiger partial charge is 0.349 e. The van der Waals surface area contributed by atoms with Crippen LogP contribution in [-0.4, -0.2) is 32.9 Å². The van der Waals surface area contributed by atoms with Crippen molar-refractivity contribution in [1.29, 1.82) is 0 Å². The predicted octanol–water partition coefficient (Wildman–Crippen LogP) is 2.32. The highest BCUT2D eigenvalue weighted by molar-refractivity contribution is 9.10. The number of methoxy groups -OCH3 is 2. The van der Waals surface area contributed by atoms with Crippen molar-refractivity contribution in [1.82, 2.24) is 0 Å². The lowest BCUT2D eigenvalue weighted by Gasteiger charge is -2.16. The number of carbonyl (C=O) groups excluding carboxylic acids is 1. The van der Waals surface area contributed by atoms with Gasteiger partial charge in [-0.1, -0.05) is 15.9 Å². The zero-order valence-corrected chi connectivity index (χ0v) is 11.6. The Bertz CT molecular complexity index is 392. The van der Waals surface area contributed by atoms with Gasteiger partial charge in [0.2, 0.25) is 6.10 Å². The molecule has 4 nitrogen and oxygen atoms in total. The lowest BCUT2D eigenvalue weighted by molar-refractivity contribution is -0.151. The first kappa shape index (κ1) is 14.0. The van der Waals surface area contributed by atoms with E-state index in [1.165, 1.54) is 14.2 Å². The molecule has 0 aliphatic rings. The Kier molecular flexibility index (Phi) is 5.44. The van der Waals surface area contributed by atoms with E-state index in [1.54, 1.807) is 6.07 Å². The molecule has 0 amide bonds. The van der Waals surface area contributed by atoms with E-state index in [-0.39, 0.29) is 6.61 Å². The monoisotopic (exact) mass is 302 g/mol. The number of ether oxygens (including phenoxy) is 3. The molecular weight excluding hydrogens is 288 g/mol. The van der Waals surface area contributed by atoms with Gasteiger partial charge in [-0.3, -0.25) is 0 Å². The van der Waals surface area contributed by atoms with E-state index >= 15 is 0 Å². The number of halogens is 1. The van der Waals surface area contributed by atoms with Gasteiger partial charge in [-0.05, 0) is 30.7 Å². The maximum atomic E-state index is 11.4. The second kappa shape index (κ2) is 6.61. The highest BCUT2D eigenvalue weighted by atomic mass is 79.9. The van der Waals surface area contributed by atoms with Gasteiger partial charge in [0.05, 0.1) is 13.7 Å². The van der Waals surface area contributed by atoms with Crippen LogP contribution in [-0.2, 0) is 14.3 Å². The topological polar surface area (TPSA) is 44.8 Å². The Morgan fingerprint density at radius 3 is 2.65 bits per heavy atom. The molecule has 94 valence electrons. The van der Waals surface area contributed by atoms with Gasteiger partial charge < -0.3 is 14.2 Å². The van der Waals surface area contributed by atoms with Crippen LogP contribution in [0.1, 0.15) is 5.56 Å². The molecule has 0 heterocycles. The first-order chi connectivity index (χ1) is 8.08. The van der Waals surface area contributed by atoms with Gasteiger partial charge in [0, 0.05) is 11.6 Å². The Labute approximate surface area is 109 Å². The van der Waals surface area contributed by atoms with Gasteiger partial charge in [0.25, 0.3) is 0 Å². The third-order valence-corrected chi connectivity index (χ3v) is 3.08. The number of hydrogen-bond donors (Lipinski definition) is 0. The van der Waals surface area contributed by atoms with Crippen molar-refractivity contribution in [3.8, 4) is 5.75 Å². The fourth-order valence-electron chi connectivity index (χ4n) is 1.29. The van der Waals surface area contributed by atoms with Gasteiger partial charge in [0.1, 0.15) is 5.75 Å². The van der Waals surface area contributed by atoms with Crippen molar-refractivity contribution < 1.29 is 19.0 Å². The fraction of sp³-hybridized carbons (Fsp3) is 0.417. The summed E-state index contributed by atoms with van der Waals surface area (Å²) in [6, 6.07) is 5.49. The quantitative estimate of drug-likeness (QED) is 0.783. The molecule has 5 heteroatoms. The summed E-state index contributed by atoms with van der Waals surface area (Å²) in [5.41, 5.74) is 1.03. The summed E-state index contributed by atoms with van der Waals surface area (Å²) in [6.07, 6.45) is -0.745. The molecule has 1 aromatic carbocycles. The highest BCUT2D eigenvalue weighted by Crippen LogP contribution is 2.22. The average molecular weight is 303 g/mol. The number of aryl methyl sites for hydroxylation is 1. The van der Waals surface area contributed by atoms with Crippen molar-refractivity contribution in [3.05, 3.63) is 28.2 Å². The van der Waals surface area contributed by atoms with Gasteiger partial charge >= 0.3 is 5.97 Å². The van der Waals surface area contributed by atoms with Crippen molar-refractivity contribution >= 4 is 21.9 Å². The molecule has 0 bridgehead atoms. The molecule has 17 heavy (non-hydrogen) atoms. The SMILES string of the molecule is COCC(Oc1ccc(Br)c(C)c1)C(=O)OC.